The van der Waals surface area contributed by atoms with E-state index < -0.39 is 0 Å². The Morgan fingerprint density at radius 1 is 0.645 bits per heavy atom. The number of rotatable bonds is 8. The highest BCUT2D eigenvalue weighted by atomic mass is 79.9. The smallest absolute Gasteiger partial charge is 0.160 e. The first-order chi connectivity index (χ1) is 15.2. The van der Waals surface area contributed by atoms with Crippen molar-refractivity contribution in [2.75, 3.05) is 0 Å². The van der Waals surface area contributed by atoms with Crippen molar-refractivity contribution in [3.8, 4) is 33.9 Å². The van der Waals surface area contributed by atoms with Gasteiger partial charge in [0, 0.05) is 21.2 Å². The molecule has 2 nitrogen and oxygen atoms in total. The molecule has 0 fully saturated rings. The normalized spacial score (nSPS) is 10.9. The van der Waals surface area contributed by atoms with Gasteiger partial charge in [-0.05, 0) is 36.6 Å². The van der Waals surface area contributed by atoms with Crippen molar-refractivity contribution < 1.29 is 0 Å². The van der Waals surface area contributed by atoms with Gasteiger partial charge in [-0.2, -0.15) is 0 Å². The van der Waals surface area contributed by atoms with Crippen molar-refractivity contribution in [2.45, 2.75) is 39.0 Å². The third-order valence-corrected chi connectivity index (χ3v) is 6.00. The van der Waals surface area contributed by atoms with E-state index in [2.05, 4.69) is 77.5 Å². The van der Waals surface area contributed by atoms with Gasteiger partial charge in [-0.25, -0.2) is 9.97 Å². The molecule has 0 aliphatic heterocycles. The number of aryl methyl sites for hydroxylation is 1. The second-order valence-corrected chi connectivity index (χ2v) is 8.76. The predicted molar refractivity (Wildman–Crippen MR) is 134 cm³/mol. The maximum absolute atomic E-state index is 4.91. The molecule has 0 aliphatic carbocycles. The highest BCUT2D eigenvalue weighted by Gasteiger charge is 2.10. The lowest BCUT2D eigenvalue weighted by atomic mass is 10.0. The molecular weight excluding hydrogens is 444 g/mol. The Balaban J connectivity index is 1.68. The van der Waals surface area contributed by atoms with E-state index in [0.717, 1.165) is 44.8 Å². The van der Waals surface area contributed by atoms with Crippen molar-refractivity contribution in [2.24, 2.45) is 0 Å². The zero-order valence-corrected chi connectivity index (χ0v) is 19.5. The zero-order valence-electron chi connectivity index (χ0n) is 17.9. The molecule has 31 heavy (non-hydrogen) atoms. The summed E-state index contributed by atoms with van der Waals surface area (Å²) < 4.78 is 1.06. The van der Waals surface area contributed by atoms with Crippen molar-refractivity contribution >= 4 is 15.9 Å². The molecule has 0 N–H and O–H groups in total. The van der Waals surface area contributed by atoms with E-state index in [-0.39, 0.29) is 0 Å². The van der Waals surface area contributed by atoms with Crippen LogP contribution in [0.4, 0.5) is 0 Å². The van der Waals surface area contributed by atoms with Crippen LogP contribution in [0.3, 0.4) is 0 Å². The lowest BCUT2D eigenvalue weighted by molar-refractivity contribution is 0.667. The van der Waals surface area contributed by atoms with Crippen LogP contribution in [0.25, 0.3) is 33.9 Å². The Kier molecular flexibility index (Phi) is 7.26. The standard InChI is InChI=1S/C28H27BrN2/c1-2-3-4-6-9-21-12-14-22(15-13-21)26-20-27(23-16-18-25(29)19-17-23)31-28(30-26)24-10-7-5-8-11-24/h5,7-8,10-20H,2-4,6,9H2,1H3. The van der Waals surface area contributed by atoms with Gasteiger partial charge >= 0.3 is 0 Å². The van der Waals surface area contributed by atoms with E-state index in [9.17, 15) is 0 Å². The quantitative estimate of drug-likeness (QED) is 0.241. The monoisotopic (exact) mass is 470 g/mol. The second kappa shape index (κ2) is 10.5. The summed E-state index contributed by atoms with van der Waals surface area (Å²) in [5.41, 5.74) is 6.50. The predicted octanol–water partition coefficient (Wildman–Crippen LogP) is 8.36. The van der Waals surface area contributed by atoms with Crippen molar-refractivity contribution in [3.05, 3.63) is 95.0 Å². The van der Waals surface area contributed by atoms with Crippen LogP contribution in [0.2, 0.25) is 0 Å². The molecule has 1 aromatic heterocycles. The molecule has 0 radical (unpaired) electrons. The van der Waals surface area contributed by atoms with E-state index in [4.69, 9.17) is 9.97 Å². The first-order valence-corrected chi connectivity index (χ1v) is 11.8. The van der Waals surface area contributed by atoms with Gasteiger partial charge in [0.05, 0.1) is 11.4 Å². The van der Waals surface area contributed by atoms with Gasteiger partial charge in [-0.3, -0.25) is 0 Å². The van der Waals surface area contributed by atoms with Crippen LogP contribution in [0.1, 0.15) is 38.2 Å². The van der Waals surface area contributed by atoms with E-state index in [0.29, 0.717) is 0 Å². The molecule has 0 aliphatic rings. The summed E-state index contributed by atoms with van der Waals surface area (Å²) in [6.45, 7) is 2.25. The zero-order chi connectivity index (χ0) is 21.5. The fraction of sp³-hybridized carbons (Fsp3) is 0.214. The van der Waals surface area contributed by atoms with Gasteiger partial charge in [0.25, 0.3) is 0 Å². The summed E-state index contributed by atoms with van der Waals surface area (Å²) in [5, 5.41) is 0. The number of aromatic nitrogens is 2. The van der Waals surface area contributed by atoms with Crippen LogP contribution < -0.4 is 0 Å². The third kappa shape index (κ3) is 5.68. The summed E-state index contributed by atoms with van der Waals surface area (Å²) in [6.07, 6.45) is 6.30. The van der Waals surface area contributed by atoms with Crippen LogP contribution in [0.15, 0.2) is 89.4 Å². The van der Waals surface area contributed by atoms with Crippen molar-refractivity contribution in [1.82, 2.24) is 9.97 Å². The molecule has 0 unspecified atom stereocenters. The SMILES string of the molecule is CCCCCCc1ccc(-c2cc(-c3ccc(Br)cc3)nc(-c3ccccc3)n2)cc1. The molecule has 1 heterocycles. The van der Waals surface area contributed by atoms with Gasteiger partial charge in [0.1, 0.15) is 0 Å². The maximum Gasteiger partial charge on any atom is 0.160 e. The Labute approximate surface area is 193 Å². The van der Waals surface area contributed by atoms with Gasteiger partial charge in [0.15, 0.2) is 5.82 Å². The molecule has 0 saturated carbocycles. The minimum Gasteiger partial charge on any atom is -0.228 e. The number of unbranched alkanes of at least 4 members (excludes halogenated alkanes) is 3. The highest BCUT2D eigenvalue weighted by molar-refractivity contribution is 9.10. The van der Waals surface area contributed by atoms with E-state index in [1.165, 1.54) is 31.2 Å². The molecule has 0 amide bonds. The molecule has 3 heteroatoms. The van der Waals surface area contributed by atoms with Crippen molar-refractivity contribution in [3.63, 3.8) is 0 Å². The Morgan fingerprint density at radius 2 is 1.26 bits per heavy atom. The van der Waals surface area contributed by atoms with Crippen LogP contribution in [0, 0.1) is 0 Å². The molecule has 4 rings (SSSR count). The number of hydrogen-bond acceptors (Lipinski definition) is 2. The van der Waals surface area contributed by atoms with Gasteiger partial charge < -0.3 is 0 Å². The molecule has 0 spiro atoms. The number of nitrogens with zero attached hydrogens (tertiary/aromatic N) is 2. The van der Waals surface area contributed by atoms with E-state index in [1.807, 2.05) is 30.3 Å². The Hall–Kier alpha value is -2.78. The van der Waals surface area contributed by atoms with Crippen molar-refractivity contribution in [1.29, 1.82) is 0 Å². The minimum absolute atomic E-state index is 0.750. The Morgan fingerprint density at radius 3 is 1.87 bits per heavy atom. The van der Waals surface area contributed by atoms with Crippen LogP contribution in [0.5, 0.6) is 0 Å². The summed E-state index contributed by atoms with van der Waals surface area (Å²) >= 11 is 3.52. The molecule has 156 valence electrons. The fourth-order valence-corrected chi connectivity index (χ4v) is 3.94. The summed E-state index contributed by atoms with van der Waals surface area (Å²) in [6, 6.07) is 29.4. The molecule has 0 saturated heterocycles. The van der Waals surface area contributed by atoms with Gasteiger partial charge in [-0.1, -0.05) is 109 Å². The molecule has 0 bridgehead atoms. The topological polar surface area (TPSA) is 25.8 Å². The minimum atomic E-state index is 0.750. The largest absolute Gasteiger partial charge is 0.228 e. The molecule has 3 aromatic carbocycles. The maximum atomic E-state index is 4.91. The average molecular weight is 471 g/mol. The van der Waals surface area contributed by atoms with Crippen LogP contribution in [-0.4, -0.2) is 9.97 Å². The van der Waals surface area contributed by atoms with Gasteiger partial charge in [-0.15, -0.1) is 0 Å². The average Bonchev–Trinajstić information content (AvgIpc) is 2.83. The summed E-state index contributed by atoms with van der Waals surface area (Å²) in [4.78, 5) is 9.79. The van der Waals surface area contributed by atoms with Crippen LogP contribution in [-0.2, 0) is 6.42 Å². The first kappa shape index (κ1) is 21.5. The lowest BCUT2D eigenvalue weighted by Gasteiger charge is -2.10. The first-order valence-electron chi connectivity index (χ1n) is 11.0. The third-order valence-electron chi connectivity index (χ3n) is 5.47. The van der Waals surface area contributed by atoms with E-state index >= 15 is 0 Å². The summed E-state index contributed by atoms with van der Waals surface area (Å²) in [7, 11) is 0. The Bertz CT molecular complexity index is 1100. The highest BCUT2D eigenvalue weighted by Crippen LogP contribution is 2.28. The number of benzene rings is 3. The van der Waals surface area contributed by atoms with Gasteiger partial charge in [0.2, 0.25) is 0 Å². The molecular formula is C28H27BrN2. The lowest BCUT2D eigenvalue weighted by Crippen LogP contribution is -1.96. The fourth-order valence-electron chi connectivity index (χ4n) is 3.68. The molecule has 0 atom stereocenters. The number of hydrogen-bond donors (Lipinski definition) is 0. The second-order valence-electron chi connectivity index (χ2n) is 7.84. The summed E-state index contributed by atoms with van der Waals surface area (Å²) in [5.74, 6) is 0.750. The van der Waals surface area contributed by atoms with E-state index in [1.54, 1.807) is 0 Å². The van der Waals surface area contributed by atoms with Crippen LogP contribution >= 0.6 is 15.9 Å². The number of halogens is 1. The molecule has 4 aromatic rings.